The van der Waals surface area contributed by atoms with Gasteiger partial charge in [-0.1, -0.05) is 18.2 Å². The summed E-state index contributed by atoms with van der Waals surface area (Å²) in [5, 5.41) is 4.65. The SMILES string of the molecule is Cc1ccccc1-n1nc(C)c(CN(C)C(=O)[C@@H](C)N)c1C. The lowest BCUT2D eigenvalue weighted by Crippen LogP contribution is -2.39. The van der Waals surface area contributed by atoms with Crippen molar-refractivity contribution in [2.45, 2.75) is 40.3 Å². The van der Waals surface area contributed by atoms with Crippen molar-refractivity contribution in [1.29, 1.82) is 0 Å². The van der Waals surface area contributed by atoms with Gasteiger partial charge in [0.2, 0.25) is 5.91 Å². The van der Waals surface area contributed by atoms with E-state index in [1.165, 1.54) is 5.56 Å². The van der Waals surface area contributed by atoms with E-state index in [9.17, 15) is 4.79 Å². The van der Waals surface area contributed by atoms with Gasteiger partial charge in [-0.25, -0.2) is 4.68 Å². The Hall–Kier alpha value is -2.14. The second-order valence-electron chi connectivity index (χ2n) is 5.83. The van der Waals surface area contributed by atoms with E-state index < -0.39 is 6.04 Å². The summed E-state index contributed by atoms with van der Waals surface area (Å²) in [7, 11) is 1.77. The van der Waals surface area contributed by atoms with Crippen LogP contribution >= 0.6 is 0 Å². The van der Waals surface area contributed by atoms with E-state index in [4.69, 9.17) is 5.73 Å². The molecule has 22 heavy (non-hydrogen) atoms. The lowest BCUT2D eigenvalue weighted by atomic mass is 10.1. The van der Waals surface area contributed by atoms with Crippen LogP contribution in [0.2, 0.25) is 0 Å². The third kappa shape index (κ3) is 3.04. The Kier molecular flexibility index (Phi) is 4.66. The van der Waals surface area contributed by atoms with Gasteiger partial charge in [-0.05, 0) is 39.3 Å². The molecular formula is C17H24N4O. The number of aromatic nitrogens is 2. The lowest BCUT2D eigenvalue weighted by molar-refractivity contribution is -0.131. The first-order valence-electron chi connectivity index (χ1n) is 7.44. The Morgan fingerprint density at radius 3 is 2.55 bits per heavy atom. The van der Waals surface area contributed by atoms with E-state index in [0.29, 0.717) is 6.54 Å². The third-order valence-corrected chi connectivity index (χ3v) is 3.95. The van der Waals surface area contributed by atoms with Gasteiger partial charge in [-0.3, -0.25) is 4.79 Å². The quantitative estimate of drug-likeness (QED) is 0.940. The van der Waals surface area contributed by atoms with Crippen molar-refractivity contribution in [1.82, 2.24) is 14.7 Å². The highest BCUT2D eigenvalue weighted by atomic mass is 16.2. The van der Waals surface area contributed by atoms with Gasteiger partial charge in [0, 0.05) is 24.8 Å². The molecule has 0 fully saturated rings. The average Bonchev–Trinajstić information content (AvgIpc) is 2.74. The second kappa shape index (κ2) is 6.32. The van der Waals surface area contributed by atoms with Crippen LogP contribution in [0.3, 0.4) is 0 Å². The van der Waals surface area contributed by atoms with Gasteiger partial charge in [-0.15, -0.1) is 0 Å². The molecule has 1 atom stereocenters. The van der Waals surface area contributed by atoms with Gasteiger partial charge in [0.05, 0.1) is 17.4 Å². The number of carbonyl (C=O) groups excluding carboxylic acids is 1. The van der Waals surface area contributed by atoms with Gasteiger partial charge in [0.25, 0.3) is 0 Å². The first kappa shape index (κ1) is 16.2. The largest absolute Gasteiger partial charge is 0.340 e. The zero-order chi connectivity index (χ0) is 16.4. The van der Waals surface area contributed by atoms with Crippen LogP contribution in [0.25, 0.3) is 5.69 Å². The van der Waals surface area contributed by atoms with Gasteiger partial charge >= 0.3 is 0 Å². The summed E-state index contributed by atoms with van der Waals surface area (Å²) < 4.78 is 1.95. The predicted octanol–water partition coefficient (Wildman–Crippen LogP) is 2.10. The molecule has 0 aliphatic heterocycles. The van der Waals surface area contributed by atoms with E-state index in [2.05, 4.69) is 24.2 Å². The molecule has 118 valence electrons. The average molecular weight is 300 g/mol. The van der Waals surface area contributed by atoms with Crippen LogP contribution in [0.4, 0.5) is 0 Å². The van der Waals surface area contributed by atoms with Crippen molar-refractivity contribution in [2.24, 2.45) is 5.73 Å². The number of carbonyl (C=O) groups is 1. The van der Waals surface area contributed by atoms with Gasteiger partial charge in [0.1, 0.15) is 0 Å². The highest BCUT2D eigenvalue weighted by Crippen LogP contribution is 2.21. The fourth-order valence-corrected chi connectivity index (χ4v) is 2.60. The number of likely N-dealkylation sites (N-methyl/N-ethyl adjacent to an activating group) is 1. The zero-order valence-electron chi connectivity index (χ0n) is 13.9. The monoisotopic (exact) mass is 300 g/mol. The summed E-state index contributed by atoms with van der Waals surface area (Å²) >= 11 is 0. The van der Waals surface area contributed by atoms with Crippen LogP contribution < -0.4 is 5.73 Å². The number of nitrogens with two attached hydrogens (primary N) is 1. The third-order valence-electron chi connectivity index (χ3n) is 3.95. The van der Waals surface area contributed by atoms with Crippen LogP contribution in [0, 0.1) is 20.8 Å². The number of amides is 1. The van der Waals surface area contributed by atoms with E-state index in [1.54, 1.807) is 18.9 Å². The molecule has 0 saturated heterocycles. The van der Waals surface area contributed by atoms with Gasteiger partial charge in [-0.2, -0.15) is 5.10 Å². The number of nitrogens with zero attached hydrogens (tertiary/aromatic N) is 3. The van der Waals surface area contributed by atoms with Crippen molar-refractivity contribution in [3.8, 4) is 5.69 Å². The topological polar surface area (TPSA) is 64.2 Å². The summed E-state index contributed by atoms with van der Waals surface area (Å²) in [6.45, 7) is 8.30. The summed E-state index contributed by atoms with van der Waals surface area (Å²) in [5.41, 5.74) is 11.0. The van der Waals surface area contributed by atoms with Crippen molar-refractivity contribution in [3.05, 3.63) is 46.8 Å². The molecule has 0 radical (unpaired) electrons. The normalized spacial score (nSPS) is 12.3. The number of hydrogen-bond acceptors (Lipinski definition) is 3. The van der Waals surface area contributed by atoms with Crippen LogP contribution in [-0.2, 0) is 11.3 Å². The first-order chi connectivity index (χ1) is 10.3. The smallest absolute Gasteiger partial charge is 0.239 e. The highest BCUT2D eigenvalue weighted by molar-refractivity contribution is 5.80. The van der Waals surface area contributed by atoms with Crippen LogP contribution in [0.15, 0.2) is 24.3 Å². The molecule has 5 heteroatoms. The van der Waals surface area contributed by atoms with Crippen molar-refractivity contribution in [2.75, 3.05) is 7.05 Å². The van der Waals surface area contributed by atoms with E-state index in [0.717, 1.165) is 22.6 Å². The molecule has 0 saturated carbocycles. The Labute approximate surface area is 131 Å². The van der Waals surface area contributed by atoms with E-state index >= 15 is 0 Å². The molecule has 0 aliphatic rings. The standard InChI is InChI=1S/C17H24N4O/c1-11-8-6-7-9-16(11)21-14(4)15(13(3)19-21)10-20(5)17(22)12(2)18/h6-9,12H,10,18H2,1-5H3/t12-/m1/s1. The van der Waals surface area contributed by atoms with E-state index in [1.807, 2.05) is 30.7 Å². The number of hydrogen-bond donors (Lipinski definition) is 1. The van der Waals surface area contributed by atoms with E-state index in [-0.39, 0.29) is 5.91 Å². The molecule has 0 aliphatic carbocycles. The first-order valence-corrected chi connectivity index (χ1v) is 7.44. The molecule has 5 nitrogen and oxygen atoms in total. The van der Waals surface area contributed by atoms with Crippen LogP contribution in [0.5, 0.6) is 0 Å². The molecule has 1 aromatic carbocycles. The maximum Gasteiger partial charge on any atom is 0.239 e. The van der Waals surface area contributed by atoms with Gasteiger partial charge in [0.15, 0.2) is 0 Å². The second-order valence-corrected chi connectivity index (χ2v) is 5.83. The van der Waals surface area contributed by atoms with Crippen LogP contribution in [0.1, 0.15) is 29.4 Å². The molecule has 0 spiro atoms. The summed E-state index contributed by atoms with van der Waals surface area (Å²) in [5.74, 6) is -0.0672. The number of aryl methyl sites for hydroxylation is 2. The fraction of sp³-hybridized carbons (Fsp3) is 0.412. The number of benzene rings is 1. The van der Waals surface area contributed by atoms with Crippen LogP contribution in [-0.4, -0.2) is 33.7 Å². The summed E-state index contributed by atoms with van der Waals surface area (Å²) in [4.78, 5) is 13.6. The van der Waals surface area contributed by atoms with Gasteiger partial charge < -0.3 is 10.6 Å². The summed E-state index contributed by atoms with van der Waals surface area (Å²) in [6, 6.07) is 7.65. The number of para-hydroxylation sites is 1. The molecule has 0 unspecified atom stereocenters. The highest BCUT2D eigenvalue weighted by Gasteiger charge is 2.19. The molecule has 1 aromatic heterocycles. The minimum Gasteiger partial charge on any atom is -0.340 e. The van der Waals surface area contributed by atoms with Crippen molar-refractivity contribution < 1.29 is 4.79 Å². The Morgan fingerprint density at radius 1 is 1.32 bits per heavy atom. The molecule has 2 rings (SSSR count). The Balaban J connectivity index is 2.36. The molecule has 2 N–H and O–H groups in total. The molecule has 1 amide bonds. The molecule has 1 heterocycles. The molecular weight excluding hydrogens is 276 g/mol. The van der Waals surface area contributed by atoms with Crippen molar-refractivity contribution >= 4 is 5.91 Å². The Morgan fingerprint density at radius 2 is 1.95 bits per heavy atom. The molecule has 0 bridgehead atoms. The minimum absolute atomic E-state index is 0.0672. The molecule has 2 aromatic rings. The maximum absolute atomic E-state index is 12.0. The predicted molar refractivity (Wildman–Crippen MR) is 87.9 cm³/mol. The maximum atomic E-state index is 12.0. The number of rotatable bonds is 4. The zero-order valence-corrected chi connectivity index (χ0v) is 13.9. The Bertz CT molecular complexity index is 688. The summed E-state index contributed by atoms with van der Waals surface area (Å²) in [6.07, 6.45) is 0. The minimum atomic E-state index is -0.489. The van der Waals surface area contributed by atoms with Crippen molar-refractivity contribution in [3.63, 3.8) is 0 Å². The lowest BCUT2D eigenvalue weighted by Gasteiger charge is -2.19. The fourth-order valence-electron chi connectivity index (χ4n) is 2.60.